The predicted molar refractivity (Wildman–Crippen MR) is 233 cm³/mol. The highest BCUT2D eigenvalue weighted by atomic mass is 15.1. The number of hydrogen-bond acceptors (Lipinski definition) is 1. The molecule has 4 fully saturated rings. The molecule has 4 saturated carbocycles. The zero-order valence-electron chi connectivity index (χ0n) is 31.4. The summed E-state index contributed by atoms with van der Waals surface area (Å²) in [6.45, 7) is 0. The van der Waals surface area contributed by atoms with Crippen molar-refractivity contribution < 1.29 is 0 Å². The molecule has 8 aromatic carbocycles. The van der Waals surface area contributed by atoms with Crippen LogP contribution in [0.25, 0.3) is 55.3 Å². The van der Waals surface area contributed by atoms with Gasteiger partial charge in [0.25, 0.3) is 0 Å². The quantitative estimate of drug-likeness (QED) is 0.151. The van der Waals surface area contributed by atoms with Crippen molar-refractivity contribution in [2.45, 2.75) is 25.2 Å². The van der Waals surface area contributed by atoms with Crippen LogP contribution in [-0.4, -0.2) is 0 Å². The molecular formula is C55H43N. The van der Waals surface area contributed by atoms with E-state index >= 15 is 0 Å². The zero-order valence-corrected chi connectivity index (χ0v) is 31.4. The van der Waals surface area contributed by atoms with Crippen molar-refractivity contribution >= 4 is 27.8 Å². The molecule has 0 bridgehead atoms. The van der Waals surface area contributed by atoms with Crippen molar-refractivity contribution in [1.29, 1.82) is 0 Å². The van der Waals surface area contributed by atoms with Crippen molar-refractivity contribution in [1.82, 2.24) is 0 Å². The molecule has 4 unspecified atom stereocenters. The van der Waals surface area contributed by atoms with Crippen molar-refractivity contribution in [3.8, 4) is 44.5 Å². The van der Waals surface area contributed by atoms with Gasteiger partial charge in [-0.2, -0.15) is 0 Å². The van der Waals surface area contributed by atoms with Crippen LogP contribution in [-0.2, 0) is 0 Å². The van der Waals surface area contributed by atoms with Crippen molar-refractivity contribution in [2.24, 2.45) is 29.1 Å². The highest BCUT2D eigenvalue weighted by molar-refractivity contribution is 5.96. The maximum absolute atomic E-state index is 2.52. The highest BCUT2D eigenvalue weighted by Gasteiger charge is 2.84. The molecule has 56 heavy (non-hydrogen) atoms. The molecule has 8 aromatic rings. The molecular weight excluding hydrogens is 675 g/mol. The second-order valence-electron chi connectivity index (χ2n) is 16.9. The molecule has 0 saturated heterocycles. The minimum Gasteiger partial charge on any atom is -0.311 e. The zero-order chi connectivity index (χ0) is 36.8. The molecule has 0 heterocycles. The van der Waals surface area contributed by atoms with E-state index in [1.54, 1.807) is 5.56 Å². The standard InChI is InChI=1S/C55H43N/c1-4-10-36(11-5-1)38-18-25-46(26-19-38)56(47-27-20-39(21-28-47)37-12-6-2-7-13-37)48-29-22-40(23-30-48)43-17-16-42-24-31-49(41-14-8-3-9-15-41)53(50(42)32-43)54-51-34-44-33-45-35-52(54)55(44,45)51/h1-32,44-45,51-52,54H,33-35H2. The van der Waals surface area contributed by atoms with Gasteiger partial charge in [-0.25, -0.2) is 0 Å². The Morgan fingerprint density at radius 1 is 0.375 bits per heavy atom. The minimum absolute atomic E-state index is 0.689. The average molecular weight is 718 g/mol. The summed E-state index contributed by atoms with van der Waals surface area (Å²) in [6, 6.07) is 71.6. The van der Waals surface area contributed by atoms with Crippen LogP contribution < -0.4 is 4.90 Å². The Hall–Kier alpha value is -6.18. The third-order valence-corrected chi connectivity index (χ3v) is 14.6. The van der Waals surface area contributed by atoms with Crippen LogP contribution in [0, 0.1) is 29.1 Å². The molecule has 268 valence electrons. The third kappa shape index (κ3) is 4.67. The molecule has 1 spiro atoms. The van der Waals surface area contributed by atoms with Gasteiger partial charge in [0.1, 0.15) is 0 Å². The molecule has 0 N–H and O–H groups in total. The molecule has 4 atom stereocenters. The van der Waals surface area contributed by atoms with Crippen molar-refractivity contribution in [3.63, 3.8) is 0 Å². The first kappa shape index (κ1) is 32.1. The molecule has 1 heteroatoms. The van der Waals surface area contributed by atoms with E-state index in [9.17, 15) is 0 Å². The van der Waals surface area contributed by atoms with Crippen molar-refractivity contribution in [2.75, 3.05) is 4.90 Å². The fourth-order valence-corrected chi connectivity index (χ4v) is 12.1. The number of rotatable bonds is 8. The van der Waals surface area contributed by atoms with Gasteiger partial charge < -0.3 is 4.90 Å². The molecule has 0 radical (unpaired) electrons. The first-order chi connectivity index (χ1) is 27.7. The fourth-order valence-electron chi connectivity index (χ4n) is 12.1. The van der Waals surface area contributed by atoms with Gasteiger partial charge in [0.05, 0.1) is 0 Å². The summed E-state index contributed by atoms with van der Waals surface area (Å²) in [4.78, 5) is 2.38. The van der Waals surface area contributed by atoms with Gasteiger partial charge in [0.2, 0.25) is 0 Å². The number of hydrogen-bond donors (Lipinski definition) is 0. The van der Waals surface area contributed by atoms with Crippen LogP contribution in [0.2, 0.25) is 0 Å². The van der Waals surface area contributed by atoms with Crippen LogP contribution >= 0.6 is 0 Å². The van der Waals surface area contributed by atoms with E-state index < -0.39 is 0 Å². The van der Waals surface area contributed by atoms with Gasteiger partial charge in [-0.15, -0.1) is 0 Å². The van der Waals surface area contributed by atoms with E-state index in [4.69, 9.17) is 0 Å². The lowest BCUT2D eigenvalue weighted by Gasteiger charge is -2.89. The van der Waals surface area contributed by atoms with Gasteiger partial charge in [0.15, 0.2) is 0 Å². The average Bonchev–Trinajstić information content (AvgIpc) is 3.24. The Bertz CT molecular complexity index is 2610. The minimum atomic E-state index is 0.689. The maximum Gasteiger partial charge on any atom is 0.0462 e. The summed E-state index contributed by atoms with van der Waals surface area (Å²) in [7, 11) is 0. The first-order valence-electron chi connectivity index (χ1n) is 20.6. The van der Waals surface area contributed by atoms with Crippen LogP contribution in [0.4, 0.5) is 17.1 Å². The van der Waals surface area contributed by atoms with Crippen molar-refractivity contribution in [3.05, 3.63) is 200 Å². The van der Waals surface area contributed by atoms with Gasteiger partial charge >= 0.3 is 0 Å². The second-order valence-corrected chi connectivity index (χ2v) is 16.9. The summed E-state index contributed by atoms with van der Waals surface area (Å²) in [5.74, 6) is 4.51. The lowest BCUT2D eigenvalue weighted by molar-refractivity contribution is -0.389. The predicted octanol–water partition coefficient (Wildman–Crippen LogP) is 14.7. The van der Waals surface area contributed by atoms with Crippen LogP contribution in [0.15, 0.2) is 194 Å². The summed E-state index contributed by atoms with van der Waals surface area (Å²) in [5, 5.41) is 2.82. The van der Waals surface area contributed by atoms with E-state index in [-0.39, 0.29) is 0 Å². The summed E-state index contributed by atoms with van der Waals surface area (Å²) in [6.07, 6.45) is 4.41. The smallest absolute Gasteiger partial charge is 0.0462 e. The molecule has 4 aliphatic rings. The molecule has 4 aliphatic carbocycles. The Labute approximate surface area is 329 Å². The maximum atomic E-state index is 2.52. The van der Waals surface area contributed by atoms with Crippen LogP contribution in [0.3, 0.4) is 0 Å². The van der Waals surface area contributed by atoms with E-state index in [1.807, 2.05) is 0 Å². The Balaban J connectivity index is 0.926. The van der Waals surface area contributed by atoms with E-state index in [1.165, 1.54) is 74.5 Å². The molecule has 0 amide bonds. The summed E-state index contributed by atoms with van der Waals surface area (Å²) in [5.41, 5.74) is 16.0. The van der Waals surface area contributed by atoms with Gasteiger partial charge in [-0.3, -0.25) is 0 Å². The SMILES string of the molecule is c1ccc(-c2ccc(N(c3ccc(-c4ccccc4)cc3)c3ccc(-c4ccc5ccc(-c6ccccc6)c(C6C7CC8CC9CC6C897)c5c4)cc3)cc2)cc1. The summed E-state index contributed by atoms with van der Waals surface area (Å²) < 4.78 is 0. The third-order valence-electron chi connectivity index (χ3n) is 14.6. The van der Waals surface area contributed by atoms with E-state index in [0.29, 0.717) is 5.92 Å². The molecule has 0 aliphatic heterocycles. The largest absolute Gasteiger partial charge is 0.311 e. The topological polar surface area (TPSA) is 3.24 Å². The number of fused-ring (bicyclic) bond motifs is 1. The number of anilines is 3. The summed E-state index contributed by atoms with van der Waals surface area (Å²) >= 11 is 0. The second kappa shape index (κ2) is 12.4. The van der Waals surface area contributed by atoms with Gasteiger partial charge in [-0.05, 0) is 158 Å². The van der Waals surface area contributed by atoms with Gasteiger partial charge in [0, 0.05) is 17.1 Å². The lowest BCUT2D eigenvalue weighted by atomic mass is 9.15. The van der Waals surface area contributed by atoms with E-state index in [0.717, 1.165) is 46.1 Å². The highest BCUT2D eigenvalue weighted by Crippen LogP contribution is 2.91. The molecule has 1 nitrogen and oxygen atoms in total. The normalized spacial score (nSPS) is 23.8. The van der Waals surface area contributed by atoms with Crippen LogP contribution in [0.1, 0.15) is 30.7 Å². The first-order valence-corrected chi connectivity index (χ1v) is 20.6. The van der Waals surface area contributed by atoms with Gasteiger partial charge in [-0.1, -0.05) is 152 Å². The van der Waals surface area contributed by atoms with Crippen LogP contribution in [0.5, 0.6) is 0 Å². The number of benzene rings is 8. The Kier molecular flexibility index (Phi) is 7.12. The Morgan fingerprint density at radius 2 is 0.786 bits per heavy atom. The number of nitrogens with zero attached hydrogens (tertiary/aromatic N) is 1. The fraction of sp³-hybridized carbons (Fsp3) is 0.164. The Morgan fingerprint density at radius 3 is 1.27 bits per heavy atom. The lowest BCUT2D eigenvalue weighted by Crippen LogP contribution is -2.82. The molecule has 0 aromatic heterocycles. The molecule has 12 rings (SSSR count). The monoisotopic (exact) mass is 717 g/mol. The van der Waals surface area contributed by atoms with E-state index in [2.05, 4.69) is 199 Å².